The van der Waals surface area contributed by atoms with Crippen LogP contribution in [0.4, 0.5) is 0 Å². The van der Waals surface area contributed by atoms with Crippen LogP contribution in [0.2, 0.25) is 0 Å². The number of hydrogen-bond donors (Lipinski definition) is 0. The van der Waals surface area contributed by atoms with Gasteiger partial charge in [0.15, 0.2) is 5.82 Å². The van der Waals surface area contributed by atoms with Crippen molar-refractivity contribution in [1.29, 1.82) is 0 Å². The van der Waals surface area contributed by atoms with Crippen molar-refractivity contribution < 1.29 is 18.5 Å². The van der Waals surface area contributed by atoms with Crippen molar-refractivity contribution in [1.82, 2.24) is 19.9 Å². The van der Waals surface area contributed by atoms with Gasteiger partial charge in [0, 0.05) is 44.9 Å². The summed E-state index contributed by atoms with van der Waals surface area (Å²) in [5.41, 5.74) is 0.592. The first-order valence-corrected chi connectivity index (χ1v) is 9.96. The van der Waals surface area contributed by atoms with Crippen molar-refractivity contribution >= 4 is 11.8 Å². The van der Waals surface area contributed by atoms with Crippen molar-refractivity contribution in [2.45, 2.75) is 57.9 Å². The first-order valence-electron chi connectivity index (χ1n) is 9.96. The van der Waals surface area contributed by atoms with Crippen LogP contribution < -0.4 is 0 Å². The van der Waals surface area contributed by atoms with Crippen LogP contribution in [-0.2, 0) is 11.2 Å². The molecular weight excluding hydrogens is 360 g/mol. The Morgan fingerprint density at radius 1 is 1.32 bits per heavy atom. The summed E-state index contributed by atoms with van der Waals surface area (Å²) in [4.78, 5) is 33.2. The number of aryl methyl sites for hydroxylation is 1. The molecule has 8 heteroatoms. The molecule has 150 valence electrons. The van der Waals surface area contributed by atoms with Crippen LogP contribution in [0, 0.1) is 6.92 Å². The van der Waals surface area contributed by atoms with E-state index in [1.54, 1.807) is 19.9 Å². The van der Waals surface area contributed by atoms with Crippen molar-refractivity contribution in [3.63, 3.8) is 0 Å². The Morgan fingerprint density at radius 2 is 2.14 bits per heavy atom. The maximum Gasteiger partial charge on any atom is 0.257 e. The van der Waals surface area contributed by atoms with E-state index in [1.807, 2.05) is 9.80 Å². The van der Waals surface area contributed by atoms with Crippen LogP contribution in [0.25, 0.3) is 0 Å². The fraction of sp³-hybridized carbons (Fsp3) is 0.600. The van der Waals surface area contributed by atoms with Crippen LogP contribution in [0.15, 0.2) is 21.3 Å². The van der Waals surface area contributed by atoms with Gasteiger partial charge in [-0.2, -0.15) is 4.98 Å². The van der Waals surface area contributed by atoms with E-state index in [-0.39, 0.29) is 17.9 Å². The minimum Gasteiger partial charge on any atom is -0.469 e. The first-order chi connectivity index (χ1) is 13.5. The number of aromatic nitrogens is 2. The van der Waals surface area contributed by atoms with Gasteiger partial charge in [-0.15, -0.1) is 0 Å². The molecule has 2 aromatic heterocycles. The first kappa shape index (κ1) is 18.7. The number of nitrogens with zero attached hydrogens (tertiary/aromatic N) is 4. The highest BCUT2D eigenvalue weighted by atomic mass is 16.5. The molecule has 0 radical (unpaired) electrons. The van der Waals surface area contributed by atoms with Crippen LogP contribution in [0.3, 0.4) is 0 Å². The number of hydrogen-bond acceptors (Lipinski definition) is 6. The monoisotopic (exact) mass is 386 g/mol. The zero-order chi connectivity index (χ0) is 19.7. The summed E-state index contributed by atoms with van der Waals surface area (Å²) in [7, 11) is 0. The molecule has 2 fully saturated rings. The standard InChI is InChI=1S/C20H26N4O4/c1-13-17(8-11-27-13)20(26)23-9-3-4-16(12-23)24(14(2)25)10-7-18-21-19(28-22-18)15-5-6-15/h8,11,15-16H,3-7,9-10,12H2,1-2H3. The van der Waals surface area contributed by atoms with Crippen molar-refractivity contribution in [3.8, 4) is 0 Å². The Morgan fingerprint density at radius 3 is 2.82 bits per heavy atom. The number of carbonyl (C=O) groups excluding carboxylic acids is 2. The molecule has 28 heavy (non-hydrogen) atoms. The predicted molar refractivity (Wildman–Crippen MR) is 99.7 cm³/mol. The normalized spacial score (nSPS) is 19.6. The van der Waals surface area contributed by atoms with Crippen molar-refractivity contribution in [2.75, 3.05) is 19.6 Å². The minimum absolute atomic E-state index is 0.00258. The fourth-order valence-electron chi connectivity index (χ4n) is 3.85. The van der Waals surface area contributed by atoms with E-state index >= 15 is 0 Å². The Hall–Kier alpha value is -2.64. The molecule has 2 aliphatic rings. The highest BCUT2D eigenvalue weighted by Crippen LogP contribution is 2.38. The lowest BCUT2D eigenvalue weighted by Gasteiger charge is -2.39. The van der Waals surface area contributed by atoms with Gasteiger partial charge >= 0.3 is 0 Å². The molecule has 0 bridgehead atoms. The molecule has 8 nitrogen and oxygen atoms in total. The van der Waals surface area contributed by atoms with Gasteiger partial charge in [0.1, 0.15) is 5.76 Å². The lowest BCUT2D eigenvalue weighted by Crippen LogP contribution is -2.51. The highest BCUT2D eigenvalue weighted by molar-refractivity contribution is 5.95. The molecule has 0 N–H and O–H groups in total. The molecule has 1 atom stereocenters. The lowest BCUT2D eigenvalue weighted by atomic mass is 10.0. The van der Waals surface area contributed by atoms with Crippen LogP contribution in [0.1, 0.15) is 66.4 Å². The van der Waals surface area contributed by atoms with Gasteiger partial charge in [-0.05, 0) is 38.7 Å². The highest BCUT2D eigenvalue weighted by Gasteiger charge is 2.32. The lowest BCUT2D eigenvalue weighted by molar-refractivity contribution is -0.132. The summed E-state index contributed by atoms with van der Waals surface area (Å²) in [6.45, 7) is 5.12. The van der Waals surface area contributed by atoms with E-state index in [9.17, 15) is 9.59 Å². The van der Waals surface area contributed by atoms with Crippen LogP contribution in [0.5, 0.6) is 0 Å². The zero-order valence-electron chi connectivity index (χ0n) is 16.4. The van der Waals surface area contributed by atoms with E-state index in [4.69, 9.17) is 8.94 Å². The van der Waals surface area contributed by atoms with Gasteiger partial charge in [0.05, 0.1) is 11.8 Å². The summed E-state index contributed by atoms with van der Waals surface area (Å²) in [6.07, 6.45) is 6.07. The largest absolute Gasteiger partial charge is 0.469 e. The topological polar surface area (TPSA) is 92.7 Å². The smallest absolute Gasteiger partial charge is 0.257 e. The van der Waals surface area contributed by atoms with E-state index < -0.39 is 0 Å². The maximum absolute atomic E-state index is 12.8. The van der Waals surface area contributed by atoms with E-state index in [0.29, 0.717) is 55.0 Å². The summed E-state index contributed by atoms with van der Waals surface area (Å²) in [5.74, 6) is 2.38. The number of furan rings is 1. The quantitative estimate of drug-likeness (QED) is 0.757. The number of amides is 2. The second-order valence-corrected chi connectivity index (χ2v) is 7.72. The molecule has 0 aromatic carbocycles. The predicted octanol–water partition coefficient (Wildman–Crippen LogP) is 2.54. The second-order valence-electron chi connectivity index (χ2n) is 7.72. The third-order valence-corrected chi connectivity index (χ3v) is 5.60. The Kier molecular flexibility index (Phi) is 5.19. The molecule has 2 amide bonds. The molecule has 1 saturated heterocycles. The molecule has 1 unspecified atom stereocenters. The Bertz CT molecular complexity index is 854. The number of rotatable bonds is 6. The van der Waals surface area contributed by atoms with Gasteiger partial charge < -0.3 is 18.7 Å². The van der Waals surface area contributed by atoms with Crippen LogP contribution in [-0.4, -0.2) is 57.4 Å². The molecule has 1 saturated carbocycles. The van der Waals surface area contributed by atoms with Crippen molar-refractivity contribution in [3.05, 3.63) is 35.4 Å². The average Bonchev–Trinajstić information content (AvgIpc) is 3.28. The van der Waals surface area contributed by atoms with Gasteiger partial charge in [-0.1, -0.05) is 5.16 Å². The third kappa shape index (κ3) is 3.95. The molecule has 2 aromatic rings. The number of piperidine rings is 1. The molecule has 3 heterocycles. The van der Waals surface area contributed by atoms with Gasteiger partial charge in [0.2, 0.25) is 11.8 Å². The minimum atomic E-state index is -0.0355. The summed E-state index contributed by atoms with van der Waals surface area (Å²) < 4.78 is 10.6. The second kappa shape index (κ2) is 7.77. The summed E-state index contributed by atoms with van der Waals surface area (Å²) >= 11 is 0. The van der Waals surface area contributed by atoms with E-state index in [1.165, 1.54) is 6.26 Å². The third-order valence-electron chi connectivity index (χ3n) is 5.60. The van der Waals surface area contributed by atoms with Crippen LogP contribution >= 0.6 is 0 Å². The maximum atomic E-state index is 12.8. The molecule has 4 rings (SSSR count). The van der Waals surface area contributed by atoms with Gasteiger partial charge in [0.25, 0.3) is 5.91 Å². The van der Waals surface area contributed by atoms with Gasteiger partial charge in [-0.3, -0.25) is 9.59 Å². The molecular formula is C20H26N4O4. The van der Waals surface area contributed by atoms with E-state index in [0.717, 1.165) is 25.7 Å². The van der Waals surface area contributed by atoms with Crippen molar-refractivity contribution in [2.24, 2.45) is 0 Å². The molecule has 1 aliphatic heterocycles. The Balaban J connectivity index is 1.39. The fourth-order valence-corrected chi connectivity index (χ4v) is 3.85. The summed E-state index contributed by atoms with van der Waals surface area (Å²) in [5, 5.41) is 4.04. The molecule has 1 aliphatic carbocycles. The number of likely N-dealkylation sites (tertiary alicyclic amines) is 1. The Labute approximate surface area is 163 Å². The summed E-state index contributed by atoms with van der Waals surface area (Å²) in [6, 6.07) is 1.70. The zero-order valence-corrected chi connectivity index (χ0v) is 16.4. The molecule has 0 spiro atoms. The van der Waals surface area contributed by atoms with E-state index in [2.05, 4.69) is 10.1 Å². The number of carbonyl (C=O) groups is 2. The SMILES string of the molecule is CC(=O)N(CCc1noc(C2CC2)n1)C1CCCN(C(=O)c2ccoc2C)C1. The van der Waals surface area contributed by atoms with Gasteiger partial charge in [-0.25, -0.2) is 0 Å². The average molecular weight is 386 g/mol.